The number of aromatic amines is 1. The van der Waals surface area contributed by atoms with Gasteiger partial charge in [0, 0.05) is 29.4 Å². The lowest BCUT2D eigenvalue weighted by Gasteiger charge is -2.12. The molecule has 32 heavy (non-hydrogen) atoms. The average Bonchev–Trinajstić information content (AvgIpc) is 3.48. The minimum atomic E-state index is 0.602. The molecule has 0 fully saturated rings. The smallest absolute Gasteiger partial charge is 0.205 e. The molecule has 0 aliphatic heterocycles. The minimum Gasteiger partial charge on any atom is -0.325 e. The number of aryl methyl sites for hydroxylation is 2. The largest absolute Gasteiger partial charge is 0.325 e. The third-order valence-electron chi connectivity index (χ3n) is 6.01. The fourth-order valence-corrected chi connectivity index (χ4v) is 4.25. The minimum absolute atomic E-state index is 0.602. The van der Waals surface area contributed by atoms with Crippen LogP contribution in [-0.2, 0) is 13.0 Å². The number of nitrogens with zero attached hydrogens (tertiary/aromatic N) is 5. The van der Waals surface area contributed by atoms with Gasteiger partial charge in [-0.2, -0.15) is 5.21 Å². The summed E-state index contributed by atoms with van der Waals surface area (Å²) in [7, 11) is 0. The highest BCUT2D eigenvalue weighted by Crippen LogP contribution is 2.30. The molecule has 6 nitrogen and oxygen atoms in total. The first-order chi connectivity index (χ1) is 15.7. The molecule has 3 aromatic heterocycles. The molecular formula is C26H26N6. The van der Waals surface area contributed by atoms with Crippen LogP contribution >= 0.6 is 0 Å². The molecule has 0 amide bonds. The van der Waals surface area contributed by atoms with Crippen LogP contribution in [0.2, 0.25) is 0 Å². The zero-order chi connectivity index (χ0) is 21.9. The summed E-state index contributed by atoms with van der Waals surface area (Å²) in [6.45, 7) is 5.21. The second-order valence-electron chi connectivity index (χ2n) is 8.17. The molecule has 0 radical (unpaired) electrons. The van der Waals surface area contributed by atoms with E-state index >= 15 is 0 Å². The lowest BCUT2D eigenvalue weighted by atomic mass is 9.98. The Hall–Kier alpha value is -3.80. The van der Waals surface area contributed by atoms with Crippen LogP contribution in [0.5, 0.6) is 0 Å². The van der Waals surface area contributed by atoms with Gasteiger partial charge in [0.2, 0.25) is 5.82 Å². The van der Waals surface area contributed by atoms with E-state index in [0.29, 0.717) is 5.82 Å². The SMILES string of the molecule is CCCCc1cc2c(C)ccnc2n1Cc1ccc(-c2ccccc2-c2nn[nH]n2)cc1. The van der Waals surface area contributed by atoms with E-state index < -0.39 is 0 Å². The zero-order valence-corrected chi connectivity index (χ0v) is 18.4. The molecule has 3 heterocycles. The number of aromatic nitrogens is 6. The van der Waals surface area contributed by atoms with E-state index in [1.165, 1.54) is 35.0 Å². The standard InChI is InChI=1S/C26H26N6/c1-3-4-7-21-16-24-18(2)14-15-27-26(24)32(21)17-19-10-12-20(13-11-19)22-8-5-6-9-23(22)25-28-30-31-29-25/h5-6,8-16H,3-4,7,17H2,1-2H3,(H,28,29,30,31). The number of fused-ring (bicyclic) bond motifs is 1. The van der Waals surface area contributed by atoms with Gasteiger partial charge >= 0.3 is 0 Å². The van der Waals surface area contributed by atoms with Crippen LogP contribution in [-0.4, -0.2) is 30.2 Å². The molecule has 0 aliphatic rings. The van der Waals surface area contributed by atoms with Gasteiger partial charge < -0.3 is 4.57 Å². The Balaban J connectivity index is 1.48. The van der Waals surface area contributed by atoms with Crippen molar-refractivity contribution in [3.05, 3.63) is 83.7 Å². The molecule has 0 saturated heterocycles. The van der Waals surface area contributed by atoms with E-state index in [2.05, 4.69) is 81.5 Å². The highest BCUT2D eigenvalue weighted by atomic mass is 15.5. The van der Waals surface area contributed by atoms with Crippen molar-refractivity contribution in [3.8, 4) is 22.5 Å². The highest BCUT2D eigenvalue weighted by Gasteiger charge is 2.13. The van der Waals surface area contributed by atoms with Gasteiger partial charge in [-0.05, 0) is 59.4 Å². The Morgan fingerprint density at radius 3 is 2.53 bits per heavy atom. The predicted octanol–water partition coefficient (Wildman–Crippen LogP) is 5.58. The van der Waals surface area contributed by atoms with Gasteiger partial charge in [-0.25, -0.2) is 4.98 Å². The quantitative estimate of drug-likeness (QED) is 0.371. The number of unbranched alkanes of at least 4 members (excludes halogenated alkanes) is 1. The summed E-state index contributed by atoms with van der Waals surface area (Å²) < 4.78 is 2.38. The normalized spacial score (nSPS) is 11.3. The molecule has 0 unspecified atom stereocenters. The van der Waals surface area contributed by atoms with E-state index in [4.69, 9.17) is 4.98 Å². The van der Waals surface area contributed by atoms with Crippen molar-refractivity contribution in [3.63, 3.8) is 0 Å². The predicted molar refractivity (Wildman–Crippen MR) is 127 cm³/mol. The number of hydrogen-bond acceptors (Lipinski definition) is 4. The Kier molecular flexibility index (Phi) is 5.50. The van der Waals surface area contributed by atoms with Crippen molar-refractivity contribution >= 4 is 11.0 Å². The Bertz CT molecular complexity index is 1330. The van der Waals surface area contributed by atoms with Crippen LogP contribution in [0.15, 0.2) is 66.9 Å². The molecule has 0 atom stereocenters. The fourth-order valence-electron chi connectivity index (χ4n) is 4.25. The van der Waals surface area contributed by atoms with Crippen molar-refractivity contribution in [1.82, 2.24) is 30.2 Å². The summed E-state index contributed by atoms with van der Waals surface area (Å²) in [5, 5.41) is 15.8. The van der Waals surface area contributed by atoms with Crippen LogP contribution in [0.3, 0.4) is 0 Å². The monoisotopic (exact) mass is 422 g/mol. The van der Waals surface area contributed by atoms with Crippen LogP contribution in [0.4, 0.5) is 0 Å². The maximum Gasteiger partial charge on any atom is 0.205 e. The van der Waals surface area contributed by atoms with Crippen LogP contribution in [0.1, 0.15) is 36.6 Å². The molecule has 160 valence electrons. The average molecular weight is 423 g/mol. The number of benzene rings is 2. The van der Waals surface area contributed by atoms with Gasteiger partial charge in [-0.3, -0.25) is 0 Å². The van der Waals surface area contributed by atoms with Crippen LogP contribution in [0, 0.1) is 6.92 Å². The van der Waals surface area contributed by atoms with Gasteiger partial charge in [0.05, 0.1) is 0 Å². The Morgan fingerprint density at radius 2 is 1.78 bits per heavy atom. The number of hydrogen-bond donors (Lipinski definition) is 1. The summed E-state index contributed by atoms with van der Waals surface area (Å²) in [4.78, 5) is 4.71. The van der Waals surface area contributed by atoms with Crippen molar-refractivity contribution in [1.29, 1.82) is 0 Å². The molecule has 6 heteroatoms. The van der Waals surface area contributed by atoms with E-state index in [0.717, 1.165) is 35.3 Å². The molecule has 0 saturated carbocycles. The maximum atomic E-state index is 4.71. The highest BCUT2D eigenvalue weighted by molar-refractivity contribution is 5.82. The van der Waals surface area contributed by atoms with Gasteiger partial charge in [0.1, 0.15) is 5.65 Å². The van der Waals surface area contributed by atoms with Gasteiger partial charge in [-0.1, -0.05) is 61.9 Å². The lowest BCUT2D eigenvalue weighted by molar-refractivity contribution is 0.707. The zero-order valence-electron chi connectivity index (χ0n) is 18.4. The molecule has 2 aromatic carbocycles. The van der Waals surface area contributed by atoms with Crippen molar-refractivity contribution in [2.45, 2.75) is 39.7 Å². The van der Waals surface area contributed by atoms with Gasteiger partial charge in [0.15, 0.2) is 0 Å². The summed E-state index contributed by atoms with van der Waals surface area (Å²) in [6.07, 6.45) is 5.35. The first-order valence-electron chi connectivity index (χ1n) is 11.1. The molecule has 5 aromatic rings. The summed E-state index contributed by atoms with van der Waals surface area (Å²) >= 11 is 0. The summed E-state index contributed by atoms with van der Waals surface area (Å²) in [5.74, 6) is 0.602. The number of nitrogens with one attached hydrogen (secondary N) is 1. The first-order valence-corrected chi connectivity index (χ1v) is 11.1. The fraction of sp³-hybridized carbons (Fsp3) is 0.231. The lowest BCUT2D eigenvalue weighted by Crippen LogP contribution is -2.05. The van der Waals surface area contributed by atoms with E-state index in [1.54, 1.807) is 0 Å². The summed E-state index contributed by atoms with van der Waals surface area (Å²) in [5.41, 5.74) is 8.15. The number of rotatable bonds is 7. The number of tetrazole rings is 1. The molecule has 0 spiro atoms. The third kappa shape index (κ3) is 3.80. The first kappa shape index (κ1) is 20.1. The van der Waals surface area contributed by atoms with Crippen molar-refractivity contribution in [2.75, 3.05) is 0 Å². The Morgan fingerprint density at radius 1 is 0.969 bits per heavy atom. The van der Waals surface area contributed by atoms with Crippen LogP contribution in [0.25, 0.3) is 33.5 Å². The van der Waals surface area contributed by atoms with E-state index in [1.807, 2.05) is 24.4 Å². The number of H-pyrrole nitrogens is 1. The molecule has 1 N–H and O–H groups in total. The molecule has 5 rings (SSSR count). The van der Waals surface area contributed by atoms with Gasteiger partial charge in [-0.15, -0.1) is 10.2 Å². The molecular weight excluding hydrogens is 396 g/mol. The third-order valence-corrected chi connectivity index (χ3v) is 6.01. The number of pyridine rings is 1. The van der Waals surface area contributed by atoms with Crippen molar-refractivity contribution in [2.24, 2.45) is 0 Å². The van der Waals surface area contributed by atoms with Gasteiger partial charge in [0.25, 0.3) is 0 Å². The van der Waals surface area contributed by atoms with E-state index in [9.17, 15) is 0 Å². The summed E-state index contributed by atoms with van der Waals surface area (Å²) in [6, 6.07) is 21.3. The topological polar surface area (TPSA) is 72.3 Å². The molecule has 0 bridgehead atoms. The van der Waals surface area contributed by atoms with E-state index in [-0.39, 0.29) is 0 Å². The Labute approximate surface area is 187 Å². The second-order valence-corrected chi connectivity index (χ2v) is 8.17. The van der Waals surface area contributed by atoms with Crippen molar-refractivity contribution < 1.29 is 0 Å². The maximum absolute atomic E-state index is 4.71. The second kappa shape index (κ2) is 8.75. The van der Waals surface area contributed by atoms with Crippen LogP contribution < -0.4 is 0 Å². The molecule has 0 aliphatic carbocycles.